The van der Waals surface area contributed by atoms with Gasteiger partial charge in [-0.1, -0.05) is 18.6 Å². The van der Waals surface area contributed by atoms with E-state index in [1.807, 2.05) is 6.07 Å². The summed E-state index contributed by atoms with van der Waals surface area (Å²) in [5, 5.41) is 9.34. The molecule has 1 aliphatic carbocycles. The van der Waals surface area contributed by atoms with Gasteiger partial charge in [-0.2, -0.15) is 0 Å². The standard InChI is InChI=1S/C21H29NO6/c1-22(2)20(15-8-7-11-17(12-15)27-14-26-3)18(13-19(23)24)21(25)28-16-9-5-4-6-10-16/h7-8,11-13,16,20H,4-6,9-10,14H2,1-3H3,(H,23,24)/b18-13-. The molecule has 1 aromatic rings. The number of carbonyl (C=O) groups is 2. The summed E-state index contributed by atoms with van der Waals surface area (Å²) >= 11 is 0. The Kier molecular flexibility index (Phi) is 8.47. The van der Waals surface area contributed by atoms with Crippen LogP contribution in [-0.2, 0) is 19.1 Å². The van der Waals surface area contributed by atoms with Gasteiger partial charge in [0.25, 0.3) is 0 Å². The molecule has 0 heterocycles. The molecule has 1 aliphatic rings. The number of hydrogen-bond donors (Lipinski definition) is 1. The Morgan fingerprint density at radius 3 is 2.57 bits per heavy atom. The molecule has 0 aliphatic heterocycles. The second-order valence-corrected chi connectivity index (χ2v) is 7.09. The second kappa shape index (κ2) is 10.8. The highest BCUT2D eigenvalue weighted by molar-refractivity contribution is 5.97. The van der Waals surface area contributed by atoms with Crippen LogP contribution in [0.1, 0.15) is 43.7 Å². The summed E-state index contributed by atoms with van der Waals surface area (Å²) in [6, 6.07) is 6.58. The van der Waals surface area contributed by atoms with Gasteiger partial charge in [0.2, 0.25) is 0 Å². The molecular weight excluding hydrogens is 362 g/mol. The van der Waals surface area contributed by atoms with E-state index < -0.39 is 18.0 Å². The molecule has 1 fully saturated rings. The van der Waals surface area contributed by atoms with Crippen molar-refractivity contribution in [2.45, 2.75) is 44.2 Å². The average Bonchev–Trinajstić information content (AvgIpc) is 2.66. The van der Waals surface area contributed by atoms with Crippen LogP contribution in [0.4, 0.5) is 0 Å². The molecule has 1 atom stereocenters. The van der Waals surface area contributed by atoms with E-state index in [4.69, 9.17) is 14.2 Å². The van der Waals surface area contributed by atoms with Crippen LogP contribution in [0.25, 0.3) is 0 Å². The molecule has 1 N–H and O–H groups in total. The highest BCUT2D eigenvalue weighted by Gasteiger charge is 2.29. The maximum absolute atomic E-state index is 12.9. The zero-order valence-corrected chi connectivity index (χ0v) is 16.7. The smallest absolute Gasteiger partial charge is 0.336 e. The van der Waals surface area contributed by atoms with Gasteiger partial charge in [-0.05, 0) is 57.5 Å². The Morgan fingerprint density at radius 2 is 1.96 bits per heavy atom. The fraction of sp³-hybridized carbons (Fsp3) is 0.524. The third-order valence-electron chi connectivity index (χ3n) is 4.67. The zero-order chi connectivity index (χ0) is 20.5. The number of likely N-dealkylation sites (N-methyl/N-ethyl adjacent to an activating group) is 1. The lowest BCUT2D eigenvalue weighted by Gasteiger charge is -2.28. The van der Waals surface area contributed by atoms with Crippen LogP contribution in [0.3, 0.4) is 0 Å². The van der Waals surface area contributed by atoms with Gasteiger partial charge in [-0.15, -0.1) is 0 Å². The van der Waals surface area contributed by atoms with Gasteiger partial charge >= 0.3 is 11.9 Å². The number of methoxy groups -OCH3 is 1. The van der Waals surface area contributed by atoms with Gasteiger partial charge in [0.05, 0.1) is 11.6 Å². The minimum atomic E-state index is -1.19. The zero-order valence-electron chi connectivity index (χ0n) is 16.7. The molecule has 1 aromatic carbocycles. The molecule has 7 heteroatoms. The van der Waals surface area contributed by atoms with Crippen LogP contribution in [0, 0.1) is 0 Å². The van der Waals surface area contributed by atoms with Gasteiger partial charge < -0.3 is 19.3 Å². The predicted molar refractivity (Wildman–Crippen MR) is 104 cm³/mol. The van der Waals surface area contributed by atoms with Gasteiger partial charge in [0, 0.05) is 13.2 Å². The lowest BCUT2D eigenvalue weighted by atomic mass is 9.95. The van der Waals surface area contributed by atoms with E-state index in [2.05, 4.69) is 0 Å². The van der Waals surface area contributed by atoms with Crippen molar-refractivity contribution in [3.05, 3.63) is 41.5 Å². The van der Waals surface area contributed by atoms with Crippen molar-refractivity contribution in [1.29, 1.82) is 0 Å². The summed E-state index contributed by atoms with van der Waals surface area (Å²) in [6.45, 7) is 0.0949. The van der Waals surface area contributed by atoms with Crippen LogP contribution in [0.2, 0.25) is 0 Å². The number of hydrogen-bond acceptors (Lipinski definition) is 6. The molecule has 7 nitrogen and oxygen atoms in total. The summed E-state index contributed by atoms with van der Waals surface area (Å²) in [4.78, 5) is 26.1. The fourth-order valence-corrected chi connectivity index (χ4v) is 3.44. The summed E-state index contributed by atoms with van der Waals surface area (Å²) < 4.78 is 16.1. The number of esters is 1. The predicted octanol–water partition coefficient (Wildman–Crippen LogP) is 3.16. The highest BCUT2D eigenvalue weighted by Crippen LogP contribution is 2.31. The normalized spacial score (nSPS) is 16.6. The first kappa shape index (κ1) is 21.9. The Balaban J connectivity index is 2.31. The first-order chi connectivity index (χ1) is 13.4. The average molecular weight is 391 g/mol. The van der Waals surface area contributed by atoms with E-state index in [0.717, 1.165) is 43.7 Å². The summed E-state index contributed by atoms with van der Waals surface area (Å²) in [7, 11) is 5.11. The van der Waals surface area contributed by atoms with Crippen molar-refractivity contribution < 1.29 is 28.9 Å². The van der Waals surface area contributed by atoms with Crippen molar-refractivity contribution in [2.75, 3.05) is 28.0 Å². The van der Waals surface area contributed by atoms with Crippen LogP contribution >= 0.6 is 0 Å². The quantitative estimate of drug-likeness (QED) is 0.393. The minimum absolute atomic E-state index is 0.0898. The van der Waals surface area contributed by atoms with Crippen LogP contribution in [-0.4, -0.2) is 56.0 Å². The summed E-state index contributed by atoms with van der Waals surface area (Å²) in [5.41, 5.74) is 0.818. The third-order valence-corrected chi connectivity index (χ3v) is 4.67. The SMILES string of the molecule is COCOc1cccc(C(/C(=C/C(=O)O)C(=O)OC2CCCCC2)N(C)C)c1. The number of rotatable bonds is 9. The highest BCUT2D eigenvalue weighted by atomic mass is 16.7. The van der Waals surface area contributed by atoms with Gasteiger partial charge in [-0.25, -0.2) is 9.59 Å². The molecule has 2 rings (SSSR count). The van der Waals surface area contributed by atoms with Crippen LogP contribution in [0.15, 0.2) is 35.9 Å². The maximum Gasteiger partial charge on any atom is 0.336 e. The lowest BCUT2D eigenvalue weighted by Crippen LogP contribution is -2.30. The second-order valence-electron chi connectivity index (χ2n) is 7.09. The first-order valence-electron chi connectivity index (χ1n) is 9.46. The van der Waals surface area contributed by atoms with E-state index in [-0.39, 0.29) is 18.5 Å². The van der Waals surface area contributed by atoms with E-state index in [0.29, 0.717) is 5.75 Å². The topological polar surface area (TPSA) is 85.3 Å². The number of carboxylic acid groups (broad SMARTS) is 1. The van der Waals surface area contributed by atoms with Crippen LogP contribution in [0.5, 0.6) is 5.75 Å². The number of carbonyl (C=O) groups excluding carboxylic acids is 1. The Labute approximate surface area is 165 Å². The number of benzene rings is 1. The summed E-state index contributed by atoms with van der Waals surface area (Å²) in [6.07, 6.45) is 5.60. The van der Waals surface area contributed by atoms with Crippen molar-refractivity contribution in [2.24, 2.45) is 0 Å². The molecule has 0 spiro atoms. The van der Waals surface area contributed by atoms with Crippen LogP contribution < -0.4 is 4.74 Å². The largest absolute Gasteiger partial charge is 0.478 e. The minimum Gasteiger partial charge on any atom is -0.478 e. The first-order valence-corrected chi connectivity index (χ1v) is 9.46. The van der Waals surface area contributed by atoms with E-state index in [9.17, 15) is 14.7 Å². The monoisotopic (exact) mass is 391 g/mol. The van der Waals surface area contributed by atoms with Crippen molar-refractivity contribution >= 4 is 11.9 Å². The van der Waals surface area contributed by atoms with Gasteiger partial charge in [0.15, 0.2) is 6.79 Å². The number of aliphatic carboxylic acids is 1. The van der Waals surface area contributed by atoms with Crippen molar-refractivity contribution in [1.82, 2.24) is 4.90 Å². The Morgan fingerprint density at radius 1 is 1.25 bits per heavy atom. The molecule has 0 saturated heterocycles. The molecule has 0 bridgehead atoms. The molecule has 28 heavy (non-hydrogen) atoms. The van der Waals surface area contributed by atoms with E-state index >= 15 is 0 Å². The molecule has 1 saturated carbocycles. The third kappa shape index (κ3) is 6.35. The molecular formula is C21H29NO6. The molecule has 1 unspecified atom stereocenters. The Hall–Kier alpha value is -2.38. The van der Waals surface area contributed by atoms with E-state index in [1.165, 1.54) is 7.11 Å². The molecule has 154 valence electrons. The van der Waals surface area contributed by atoms with Gasteiger partial charge in [-0.3, -0.25) is 4.90 Å². The fourth-order valence-electron chi connectivity index (χ4n) is 3.44. The molecule has 0 radical (unpaired) electrons. The number of ether oxygens (including phenoxy) is 3. The molecule has 0 amide bonds. The summed E-state index contributed by atoms with van der Waals surface area (Å²) in [5.74, 6) is -1.20. The van der Waals surface area contributed by atoms with Crippen molar-refractivity contribution in [3.63, 3.8) is 0 Å². The number of carboxylic acids is 1. The molecule has 0 aromatic heterocycles. The van der Waals surface area contributed by atoms with E-state index in [1.54, 1.807) is 37.2 Å². The van der Waals surface area contributed by atoms with Gasteiger partial charge in [0.1, 0.15) is 11.9 Å². The van der Waals surface area contributed by atoms with Crippen molar-refractivity contribution in [3.8, 4) is 5.75 Å². The lowest BCUT2D eigenvalue weighted by molar-refractivity contribution is -0.147. The number of nitrogens with zero attached hydrogens (tertiary/aromatic N) is 1. The Bertz CT molecular complexity index is 694. The maximum atomic E-state index is 12.9.